The maximum absolute atomic E-state index is 10.1. The Hall–Kier alpha value is -2.01. The molecule has 1 aromatic carbocycles. The summed E-state index contributed by atoms with van der Waals surface area (Å²) in [5, 5.41) is 10.1. The molecule has 1 aliphatic heterocycles. The van der Waals surface area contributed by atoms with Crippen molar-refractivity contribution in [3.8, 4) is 0 Å². The standard InChI is InChI=1S/C20H23NO3/c22-20(15-24-14-16-4-2-1-3-5-16)12-19-7-6-18(13-21-19)17-8-10-23-11-9-17/h1-8,13,20,22H,9-12,14-15H2. The summed E-state index contributed by atoms with van der Waals surface area (Å²) in [5.74, 6) is 0. The lowest BCUT2D eigenvalue weighted by molar-refractivity contribution is 0.0284. The van der Waals surface area contributed by atoms with Crippen molar-refractivity contribution in [1.82, 2.24) is 4.98 Å². The highest BCUT2D eigenvalue weighted by atomic mass is 16.5. The van der Waals surface area contributed by atoms with E-state index in [0.717, 1.165) is 29.8 Å². The molecule has 0 spiro atoms. The van der Waals surface area contributed by atoms with E-state index in [2.05, 4.69) is 17.1 Å². The molecule has 24 heavy (non-hydrogen) atoms. The normalized spacial score (nSPS) is 15.8. The third kappa shape index (κ3) is 4.99. The minimum atomic E-state index is -0.547. The van der Waals surface area contributed by atoms with Gasteiger partial charge in [0.05, 0.1) is 32.5 Å². The molecule has 126 valence electrons. The Bertz CT molecular complexity index is 652. The van der Waals surface area contributed by atoms with E-state index in [1.807, 2.05) is 42.6 Å². The fraction of sp³-hybridized carbons (Fsp3) is 0.350. The summed E-state index contributed by atoms with van der Waals surface area (Å²) >= 11 is 0. The Morgan fingerprint density at radius 2 is 2.04 bits per heavy atom. The maximum Gasteiger partial charge on any atom is 0.0829 e. The minimum Gasteiger partial charge on any atom is -0.390 e. The van der Waals surface area contributed by atoms with Crippen molar-refractivity contribution in [2.24, 2.45) is 0 Å². The molecule has 4 nitrogen and oxygen atoms in total. The van der Waals surface area contributed by atoms with E-state index in [9.17, 15) is 5.11 Å². The van der Waals surface area contributed by atoms with Crippen LogP contribution in [0, 0.1) is 0 Å². The van der Waals surface area contributed by atoms with E-state index in [0.29, 0.717) is 26.2 Å². The van der Waals surface area contributed by atoms with Crippen LogP contribution in [0.4, 0.5) is 0 Å². The zero-order chi connectivity index (χ0) is 16.6. The molecule has 0 aliphatic carbocycles. The SMILES string of the molecule is OC(COCc1ccccc1)Cc1ccc(C2=CCOCC2)cn1. The molecule has 0 radical (unpaired) electrons. The summed E-state index contributed by atoms with van der Waals surface area (Å²) in [5.41, 5.74) is 4.41. The fourth-order valence-corrected chi connectivity index (χ4v) is 2.71. The topological polar surface area (TPSA) is 51.6 Å². The first-order chi connectivity index (χ1) is 11.8. The van der Waals surface area contributed by atoms with E-state index in [-0.39, 0.29) is 0 Å². The monoisotopic (exact) mass is 325 g/mol. The van der Waals surface area contributed by atoms with Crippen molar-refractivity contribution in [3.63, 3.8) is 0 Å². The van der Waals surface area contributed by atoms with Crippen molar-refractivity contribution in [1.29, 1.82) is 0 Å². The van der Waals surface area contributed by atoms with Gasteiger partial charge < -0.3 is 14.6 Å². The Morgan fingerprint density at radius 3 is 2.75 bits per heavy atom. The number of hydrogen-bond acceptors (Lipinski definition) is 4. The molecule has 0 saturated heterocycles. The zero-order valence-corrected chi connectivity index (χ0v) is 13.7. The van der Waals surface area contributed by atoms with Gasteiger partial charge in [-0.25, -0.2) is 0 Å². The highest BCUT2D eigenvalue weighted by molar-refractivity contribution is 5.65. The summed E-state index contributed by atoms with van der Waals surface area (Å²) in [6, 6.07) is 14.0. The van der Waals surface area contributed by atoms with Crippen LogP contribution in [0.1, 0.15) is 23.2 Å². The fourth-order valence-electron chi connectivity index (χ4n) is 2.71. The average Bonchev–Trinajstić information content (AvgIpc) is 2.64. The second-order valence-corrected chi connectivity index (χ2v) is 5.95. The lowest BCUT2D eigenvalue weighted by Crippen LogP contribution is -2.18. The Morgan fingerprint density at radius 1 is 1.17 bits per heavy atom. The van der Waals surface area contributed by atoms with Gasteiger partial charge in [-0.05, 0) is 29.2 Å². The molecule has 4 heteroatoms. The molecule has 2 heterocycles. The number of hydrogen-bond donors (Lipinski definition) is 1. The molecule has 0 saturated carbocycles. The number of aliphatic hydroxyl groups is 1. The molecular formula is C20H23NO3. The summed E-state index contributed by atoms with van der Waals surface area (Å²) in [7, 11) is 0. The minimum absolute atomic E-state index is 0.306. The summed E-state index contributed by atoms with van der Waals surface area (Å²) < 4.78 is 10.9. The number of nitrogens with zero attached hydrogens (tertiary/aromatic N) is 1. The van der Waals surface area contributed by atoms with Crippen molar-refractivity contribution >= 4 is 5.57 Å². The molecule has 0 amide bonds. The van der Waals surface area contributed by atoms with Crippen LogP contribution in [-0.2, 0) is 22.5 Å². The number of ether oxygens (including phenoxy) is 2. The Kier molecular flexibility index (Phi) is 6.13. The first-order valence-electron chi connectivity index (χ1n) is 8.33. The van der Waals surface area contributed by atoms with Gasteiger partial charge in [0.25, 0.3) is 0 Å². The summed E-state index contributed by atoms with van der Waals surface area (Å²) in [6.07, 6.45) is 4.86. The predicted molar refractivity (Wildman–Crippen MR) is 93.5 cm³/mol. The van der Waals surface area contributed by atoms with Crippen LogP contribution in [0.5, 0.6) is 0 Å². The molecule has 0 bridgehead atoms. The first-order valence-corrected chi connectivity index (χ1v) is 8.33. The summed E-state index contributed by atoms with van der Waals surface area (Å²) in [4.78, 5) is 4.46. The van der Waals surface area contributed by atoms with Gasteiger partial charge in [-0.15, -0.1) is 0 Å². The lowest BCUT2D eigenvalue weighted by Gasteiger charge is -2.14. The van der Waals surface area contributed by atoms with Gasteiger partial charge >= 0.3 is 0 Å². The van der Waals surface area contributed by atoms with E-state index < -0.39 is 6.10 Å². The number of rotatable bonds is 7. The second-order valence-electron chi connectivity index (χ2n) is 5.95. The number of benzene rings is 1. The predicted octanol–water partition coefficient (Wildman–Crippen LogP) is 3.01. The van der Waals surface area contributed by atoms with E-state index in [1.54, 1.807) is 0 Å². The summed E-state index contributed by atoms with van der Waals surface area (Å²) in [6.45, 7) is 2.26. The van der Waals surface area contributed by atoms with Gasteiger partial charge in [-0.3, -0.25) is 4.98 Å². The Labute approximate surface area is 142 Å². The van der Waals surface area contributed by atoms with Crippen LogP contribution < -0.4 is 0 Å². The average molecular weight is 325 g/mol. The molecule has 0 fully saturated rings. The highest BCUT2D eigenvalue weighted by Gasteiger charge is 2.10. The third-order valence-electron chi connectivity index (χ3n) is 4.03. The van der Waals surface area contributed by atoms with Crippen molar-refractivity contribution in [2.45, 2.75) is 25.6 Å². The quantitative estimate of drug-likeness (QED) is 0.850. The molecule has 1 unspecified atom stereocenters. The van der Waals surface area contributed by atoms with Crippen LogP contribution in [-0.4, -0.2) is 36.0 Å². The molecule has 2 aromatic rings. The molecule has 1 N–H and O–H groups in total. The van der Waals surface area contributed by atoms with Crippen LogP contribution in [0.3, 0.4) is 0 Å². The van der Waals surface area contributed by atoms with Gasteiger partial charge in [0, 0.05) is 18.3 Å². The van der Waals surface area contributed by atoms with Crippen LogP contribution >= 0.6 is 0 Å². The van der Waals surface area contributed by atoms with E-state index in [1.165, 1.54) is 5.57 Å². The zero-order valence-electron chi connectivity index (χ0n) is 13.7. The van der Waals surface area contributed by atoms with E-state index in [4.69, 9.17) is 9.47 Å². The number of pyridine rings is 1. The largest absolute Gasteiger partial charge is 0.390 e. The first kappa shape index (κ1) is 16.8. The number of aromatic nitrogens is 1. The molecule has 1 aliphatic rings. The van der Waals surface area contributed by atoms with Gasteiger partial charge in [0.15, 0.2) is 0 Å². The highest BCUT2D eigenvalue weighted by Crippen LogP contribution is 2.20. The molecule has 3 rings (SSSR count). The van der Waals surface area contributed by atoms with Crippen LogP contribution in [0.15, 0.2) is 54.7 Å². The van der Waals surface area contributed by atoms with Gasteiger partial charge in [0.1, 0.15) is 0 Å². The van der Waals surface area contributed by atoms with Gasteiger partial charge in [-0.2, -0.15) is 0 Å². The van der Waals surface area contributed by atoms with Crippen molar-refractivity contribution < 1.29 is 14.6 Å². The maximum atomic E-state index is 10.1. The number of aliphatic hydroxyl groups excluding tert-OH is 1. The van der Waals surface area contributed by atoms with Crippen LogP contribution in [0.25, 0.3) is 5.57 Å². The van der Waals surface area contributed by atoms with Crippen molar-refractivity contribution in [2.75, 3.05) is 19.8 Å². The molecular weight excluding hydrogens is 302 g/mol. The second kappa shape index (κ2) is 8.73. The van der Waals surface area contributed by atoms with Gasteiger partial charge in [0.2, 0.25) is 0 Å². The smallest absolute Gasteiger partial charge is 0.0829 e. The lowest BCUT2D eigenvalue weighted by atomic mass is 10.0. The molecule has 1 atom stereocenters. The third-order valence-corrected chi connectivity index (χ3v) is 4.03. The van der Waals surface area contributed by atoms with E-state index >= 15 is 0 Å². The molecule has 1 aromatic heterocycles. The Balaban J connectivity index is 1.46. The van der Waals surface area contributed by atoms with Crippen molar-refractivity contribution in [3.05, 3.63) is 71.6 Å². The van der Waals surface area contributed by atoms with Crippen LogP contribution in [0.2, 0.25) is 0 Å². The van der Waals surface area contributed by atoms with Gasteiger partial charge in [-0.1, -0.05) is 42.5 Å².